The molecule has 0 bridgehead atoms. The molecule has 0 unspecified atom stereocenters. The molecule has 3 N–H and O–H groups in total. The number of aliphatic imine (C=N–C) groups is 1. The number of nitrogens with one attached hydrogen (secondary N) is 3. The maximum Gasteiger partial charge on any atom is 0.242 e. The molecule has 2 heterocycles. The number of pyridine rings is 1. The van der Waals surface area contributed by atoms with Gasteiger partial charge in [0.15, 0.2) is 5.96 Å². The molecule has 0 atom stereocenters. The number of hydrogen-bond donors (Lipinski definition) is 3. The molecule has 0 saturated carbocycles. The lowest BCUT2D eigenvalue weighted by Crippen LogP contribution is -2.55. The number of hydrogen-bond acceptors (Lipinski definition) is 5. The lowest BCUT2D eigenvalue weighted by atomic mass is 9.98. The molecular weight excluding hydrogens is 364 g/mol. The number of rotatable bonds is 8. The first-order chi connectivity index (χ1) is 12.8. The van der Waals surface area contributed by atoms with Crippen LogP contribution in [0.25, 0.3) is 0 Å². The Bertz CT molecular complexity index is 700. The number of piperidine rings is 1. The van der Waals surface area contributed by atoms with E-state index in [0.717, 1.165) is 19.6 Å². The van der Waals surface area contributed by atoms with Crippen LogP contribution in [-0.2, 0) is 10.0 Å². The van der Waals surface area contributed by atoms with Gasteiger partial charge in [-0.2, -0.15) is 0 Å². The first kappa shape index (κ1) is 21.6. The van der Waals surface area contributed by atoms with Crippen LogP contribution in [-0.4, -0.2) is 69.6 Å². The molecule has 0 spiro atoms. The monoisotopic (exact) mass is 396 g/mol. The number of likely N-dealkylation sites (tertiary alicyclic amines) is 1. The molecule has 1 aromatic rings. The molecule has 27 heavy (non-hydrogen) atoms. The van der Waals surface area contributed by atoms with Crippen molar-refractivity contribution >= 4 is 16.0 Å². The van der Waals surface area contributed by atoms with Crippen LogP contribution in [0.3, 0.4) is 0 Å². The molecule has 1 aromatic heterocycles. The molecule has 0 amide bonds. The third kappa shape index (κ3) is 6.75. The van der Waals surface area contributed by atoms with E-state index in [9.17, 15) is 8.42 Å². The predicted molar refractivity (Wildman–Crippen MR) is 108 cm³/mol. The van der Waals surface area contributed by atoms with Crippen molar-refractivity contribution in [2.24, 2.45) is 4.99 Å². The van der Waals surface area contributed by atoms with Crippen LogP contribution in [0.5, 0.6) is 0 Å². The van der Waals surface area contributed by atoms with E-state index < -0.39 is 10.0 Å². The van der Waals surface area contributed by atoms with Crippen LogP contribution in [0.2, 0.25) is 0 Å². The lowest BCUT2D eigenvalue weighted by Gasteiger charge is -2.41. The zero-order valence-electron chi connectivity index (χ0n) is 16.5. The highest BCUT2D eigenvalue weighted by Gasteiger charge is 2.27. The van der Waals surface area contributed by atoms with E-state index >= 15 is 0 Å². The van der Waals surface area contributed by atoms with Gasteiger partial charge in [0.1, 0.15) is 4.90 Å². The van der Waals surface area contributed by atoms with Crippen molar-refractivity contribution in [3.8, 4) is 0 Å². The lowest BCUT2D eigenvalue weighted by molar-refractivity contribution is 0.0982. The Labute approximate surface area is 162 Å². The molecule has 1 aliphatic heterocycles. The van der Waals surface area contributed by atoms with Gasteiger partial charge in [-0.1, -0.05) is 6.42 Å². The molecule has 0 aliphatic carbocycles. The highest BCUT2D eigenvalue weighted by atomic mass is 32.2. The average molecular weight is 397 g/mol. The normalized spacial score (nSPS) is 16.9. The Morgan fingerprint density at radius 3 is 2.59 bits per heavy atom. The quantitative estimate of drug-likeness (QED) is 0.341. The fourth-order valence-corrected chi connectivity index (χ4v) is 4.08. The summed E-state index contributed by atoms with van der Waals surface area (Å²) in [5.41, 5.74) is 0.0416. The van der Waals surface area contributed by atoms with E-state index in [1.54, 1.807) is 19.3 Å². The van der Waals surface area contributed by atoms with Gasteiger partial charge in [0, 0.05) is 44.6 Å². The molecule has 2 rings (SSSR count). The van der Waals surface area contributed by atoms with Crippen LogP contribution in [0.15, 0.2) is 34.4 Å². The summed E-state index contributed by atoms with van der Waals surface area (Å²) in [5, 5.41) is 6.49. The summed E-state index contributed by atoms with van der Waals surface area (Å²) < 4.78 is 26.9. The van der Waals surface area contributed by atoms with Crippen molar-refractivity contribution in [3.63, 3.8) is 0 Å². The smallest absolute Gasteiger partial charge is 0.242 e. The summed E-state index contributed by atoms with van der Waals surface area (Å²) in [6, 6.07) is 3.12. The van der Waals surface area contributed by atoms with Gasteiger partial charge < -0.3 is 10.6 Å². The minimum atomic E-state index is -3.53. The summed E-state index contributed by atoms with van der Waals surface area (Å²) in [5.74, 6) is 0.667. The van der Waals surface area contributed by atoms with E-state index in [1.807, 2.05) is 0 Å². The van der Waals surface area contributed by atoms with E-state index in [1.165, 1.54) is 31.5 Å². The zero-order valence-corrected chi connectivity index (χ0v) is 17.3. The Morgan fingerprint density at radius 2 is 1.96 bits per heavy atom. The molecule has 1 aliphatic rings. The summed E-state index contributed by atoms with van der Waals surface area (Å²) in [7, 11) is -1.82. The number of guanidine groups is 1. The van der Waals surface area contributed by atoms with Gasteiger partial charge in [0.05, 0.1) is 0 Å². The van der Waals surface area contributed by atoms with Crippen LogP contribution < -0.4 is 15.4 Å². The Morgan fingerprint density at radius 1 is 1.22 bits per heavy atom. The number of aromatic nitrogens is 1. The Balaban J connectivity index is 1.74. The molecule has 9 heteroatoms. The highest BCUT2D eigenvalue weighted by molar-refractivity contribution is 7.89. The SMILES string of the molecule is CN=C(NCCNS(=O)(=O)c1cccnc1)NCC(C)(C)N1CCCCC1. The van der Waals surface area contributed by atoms with E-state index in [-0.39, 0.29) is 17.0 Å². The van der Waals surface area contributed by atoms with Gasteiger partial charge in [-0.15, -0.1) is 0 Å². The largest absolute Gasteiger partial charge is 0.355 e. The summed E-state index contributed by atoms with van der Waals surface area (Å²) in [6.07, 6.45) is 6.71. The molecule has 1 fully saturated rings. The number of nitrogens with zero attached hydrogens (tertiary/aromatic N) is 3. The second-order valence-electron chi connectivity index (χ2n) is 7.30. The van der Waals surface area contributed by atoms with Crippen LogP contribution in [0.4, 0.5) is 0 Å². The summed E-state index contributed by atoms with van der Waals surface area (Å²) in [4.78, 5) is 10.7. The molecular formula is C18H32N6O2S. The Hall–Kier alpha value is -1.71. The molecule has 8 nitrogen and oxygen atoms in total. The van der Waals surface area contributed by atoms with Crippen LogP contribution in [0, 0.1) is 0 Å². The highest BCUT2D eigenvalue weighted by Crippen LogP contribution is 2.19. The van der Waals surface area contributed by atoms with Gasteiger partial charge in [0.2, 0.25) is 10.0 Å². The minimum absolute atomic E-state index is 0.0416. The fourth-order valence-electron chi connectivity index (χ4n) is 3.09. The Kier molecular flexibility index (Phi) is 8.00. The number of sulfonamides is 1. The van der Waals surface area contributed by atoms with Crippen molar-refractivity contribution in [3.05, 3.63) is 24.5 Å². The fraction of sp³-hybridized carbons (Fsp3) is 0.667. The van der Waals surface area contributed by atoms with Gasteiger partial charge in [-0.25, -0.2) is 13.1 Å². The molecule has 0 aromatic carbocycles. The minimum Gasteiger partial charge on any atom is -0.355 e. The second-order valence-corrected chi connectivity index (χ2v) is 9.07. The summed E-state index contributed by atoms with van der Waals surface area (Å²) in [6.45, 7) is 8.21. The van der Waals surface area contributed by atoms with Gasteiger partial charge >= 0.3 is 0 Å². The van der Waals surface area contributed by atoms with Gasteiger partial charge in [-0.05, 0) is 51.9 Å². The van der Waals surface area contributed by atoms with Crippen molar-refractivity contribution in [1.29, 1.82) is 0 Å². The summed E-state index contributed by atoms with van der Waals surface area (Å²) >= 11 is 0. The third-order valence-electron chi connectivity index (χ3n) is 4.78. The maximum absolute atomic E-state index is 12.1. The van der Waals surface area contributed by atoms with E-state index in [4.69, 9.17) is 0 Å². The molecule has 152 valence electrons. The topological polar surface area (TPSA) is 98.7 Å². The first-order valence-electron chi connectivity index (χ1n) is 9.44. The molecule has 0 radical (unpaired) electrons. The van der Waals surface area contributed by atoms with Crippen molar-refractivity contribution in [2.75, 3.05) is 39.8 Å². The van der Waals surface area contributed by atoms with Gasteiger partial charge in [0.25, 0.3) is 0 Å². The van der Waals surface area contributed by atoms with Crippen molar-refractivity contribution in [2.45, 2.75) is 43.5 Å². The van der Waals surface area contributed by atoms with Crippen LogP contribution >= 0.6 is 0 Å². The van der Waals surface area contributed by atoms with E-state index in [2.05, 4.69) is 44.1 Å². The van der Waals surface area contributed by atoms with Gasteiger partial charge in [-0.3, -0.25) is 14.9 Å². The van der Waals surface area contributed by atoms with Crippen molar-refractivity contribution < 1.29 is 8.42 Å². The predicted octanol–water partition coefficient (Wildman–Crippen LogP) is 0.789. The van der Waals surface area contributed by atoms with E-state index in [0.29, 0.717) is 12.5 Å². The molecule has 1 saturated heterocycles. The zero-order chi connectivity index (χ0) is 19.8. The maximum atomic E-state index is 12.1. The standard InChI is InChI=1S/C18H32N6O2S/c1-18(2,24-12-5-4-6-13-24)15-22-17(19-3)21-10-11-23-27(25,26)16-8-7-9-20-14-16/h7-9,14,23H,4-6,10-13,15H2,1-3H3,(H2,19,21,22). The average Bonchev–Trinajstić information content (AvgIpc) is 2.69. The van der Waals surface area contributed by atoms with Crippen LogP contribution in [0.1, 0.15) is 33.1 Å². The first-order valence-corrected chi connectivity index (χ1v) is 10.9. The third-order valence-corrected chi connectivity index (χ3v) is 6.22. The second kappa shape index (κ2) is 10.0. The van der Waals surface area contributed by atoms with Crippen molar-refractivity contribution in [1.82, 2.24) is 25.2 Å².